The van der Waals surface area contributed by atoms with Gasteiger partial charge in [0, 0.05) is 13.1 Å². The van der Waals surface area contributed by atoms with E-state index >= 15 is 0 Å². The lowest BCUT2D eigenvalue weighted by Gasteiger charge is -2.33. The quantitative estimate of drug-likeness (QED) is 0.690. The number of allylic oxidation sites excluding steroid dienone is 3. The molecule has 2 rings (SSSR count). The Morgan fingerprint density at radius 2 is 2.00 bits per heavy atom. The average Bonchev–Trinajstić information content (AvgIpc) is 2.31. The molecule has 16 heavy (non-hydrogen) atoms. The molecular weight excluding hydrogens is 222 g/mol. The second-order valence-corrected chi connectivity index (χ2v) is 6.83. The Hall–Kier alpha value is -0.870. The summed E-state index contributed by atoms with van der Waals surface area (Å²) >= 11 is 0. The lowest BCUT2D eigenvalue weighted by molar-refractivity contribution is 0.419. The molecule has 0 aromatic rings. The monoisotopic (exact) mass is 239 g/mol. The second-order valence-electron chi connectivity index (χ2n) is 4.43. The molecule has 0 bridgehead atoms. The van der Waals surface area contributed by atoms with Gasteiger partial charge in [0.1, 0.15) is 4.75 Å². The number of hydrogen-bond donors (Lipinski definition) is 0. The van der Waals surface area contributed by atoms with Crippen LogP contribution in [0.4, 0.5) is 0 Å². The van der Waals surface area contributed by atoms with Gasteiger partial charge in [-0.15, -0.1) is 0 Å². The van der Waals surface area contributed by atoms with E-state index < -0.39 is 14.8 Å². The van der Waals surface area contributed by atoms with Crippen molar-refractivity contribution in [3.05, 3.63) is 36.5 Å². The maximum Gasteiger partial charge on any atom is 0.223 e. The predicted molar refractivity (Wildman–Crippen MR) is 65.6 cm³/mol. The first kappa shape index (κ1) is 11.6. The standard InChI is InChI=1S/C12H17NO2S/c1-12(8-4-2-5-9-12)16(14,15)13-10-6-3-7-11-13/h2-6,8H,7,9-11H2,1H3. The molecule has 3 nitrogen and oxygen atoms in total. The van der Waals surface area contributed by atoms with Gasteiger partial charge in [0.15, 0.2) is 0 Å². The Balaban J connectivity index is 2.28. The van der Waals surface area contributed by atoms with E-state index in [1.54, 1.807) is 17.3 Å². The van der Waals surface area contributed by atoms with Gasteiger partial charge in [0.25, 0.3) is 0 Å². The van der Waals surface area contributed by atoms with Crippen LogP contribution in [0.2, 0.25) is 0 Å². The molecule has 0 radical (unpaired) electrons. The summed E-state index contributed by atoms with van der Waals surface area (Å²) in [6, 6.07) is 0. The van der Waals surface area contributed by atoms with Crippen molar-refractivity contribution in [2.75, 3.05) is 13.1 Å². The largest absolute Gasteiger partial charge is 0.223 e. The van der Waals surface area contributed by atoms with Gasteiger partial charge >= 0.3 is 0 Å². The van der Waals surface area contributed by atoms with Crippen LogP contribution < -0.4 is 0 Å². The third kappa shape index (κ3) is 1.87. The summed E-state index contributed by atoms with van der Waals surface area (Å²) in [5, 5.41) is 0. The molecule has 0 fully saturated rings. The smallest absolute Gasteiger partial charge is 0.211 e. The summed E-state index contributed by atoms with van der Waals surface area (Å²) in [5.74, 6) is 0. The highest BCUT2D eigenvalue weighted by atomic mass is 32.2. The van der Waals surface area contributed by atoms with Crippen LogP contribution in [0.25, 0.3) is 0 Å². The van der Waals surface area contributed by atoms with Crippen molar-refractivity contribution in [2.45, 2.75) is 24.5 Å². The second kappa shape index (κ2) is 4.18. The first-order chi connectivity index (χ1) is 7.56. The van der Waals surface area contributed by atoms with Gasteiger partial charge in [-0.3, -0.25) is 0 Å². The number of rotatable bonds is 2. The molecule has 1 unspecified atom stereocenters. The van der Waals surface area contributed by atoms with Gasteiger partial charge in [0.2, 0.25) is 10.0 Å². The minimum atomic E-state index is -3.24. The van der Waals surface area contributed by atoms with Crippen LogP contribution in [0.3, 0.4) is 0 Å². The van der Waals surface area contributed by atoms with E-state index in [2.05, 4.69) is 0 Å². The molecule has 0 aromatic heterocycles. The Labute approximate surface area is 97.2 Å². The highest BCUT2D eigenvalue weighted by Crippen LogP contribution is 2.30. The van der Waals surface area contributed by atoms with Crippen molar-refractivity contribution in [1.29, 1.82) is 0 Å². The summed E-state index contributed by atoms with van der Waals surface area (Å²) in [4.78, 5) is 0. The first-order valence-corrected chi connectivity index (χ1v) is 6.99. The summed E-state index contributed by atoms with van der Waals surface area (Å²) < 4.78 is 25.7. The normalized spacial score (nSPS) is 30.8. The van der Waals surface area contributed by atoms with Crippen LogP contribution in [-0.4, -0.2) is 30.6 Å². The zero-order valence-corrected chi connectivity index (χ0v) is 10.3. The number of hydrogen-bond acceptors (Lipinski definition) is 2. The van der Waals surface area contributed by atoms with Gasteiger partial charge in [-0.1, -0.05) is 36.5 Å². The SMILES string of the molecule is CC1(S(=O)(=O)N2CC=CCC2)C=CC=CC1. The van der Waals surface area contributed by atoms with Crippen LogP contribution in [0.15, 0.2) is 36.5 Å². The van der Waals surface area contributed by atoms with Crippen molar-refractivity contribution >= 4 is 10.0 Å². The molecule has 88 valence electrons. The Morgan fingerprint density at radius 3 is 2.56 bits per heavy atom. The zero-order valence-electron chi connectivity index (χ0n) is 9.46. The summed E-state index contributed by atoms with van der Waals surface area (Å²) in [6.07, 6.45) is 12.8. The van der Waals surface area contributed by atoms with E-state index in [0.717, 1.165) is 6.42 Å². The Morgan fingerprint density at radius 1 is 1.19 bits per heavy atom. The van der Waals surface area contributed by atoms with Gasteiger partial charge in [-0.25, -0.2) is 8.42 Å². The van der Waals surface area contributed by atoms with Crippen LogP contribution in [0.5, 0.6) is 0 Å². The van der Waals surface area contributed by atoms with Crippen LogP contribution >= 0.6 is 0 Å². The highest BCUT2D eigenvalue weighted by molar-refractivity contribution is 7.90. The minimum Gasteiger partial charge on any atom is -0.211 e. The van der Waals surface area contributed by atoms with E-state index in [4.69, 9.17) is 0 Å². The zero-order chi connectivity index (χ0) is 11.6. The highest BCUT2D eigenvalue weighted by Gasteiger charge is 2.40. The first-order valence-electron chi connectivity index (χ1n) is 5.55. The fourth-order valence-electron chi connectivity index (χ4n) is 2.03. The van der Waals surface area contributed by atoms with E-state index in [1.165, 1.54) is 0 Å². The molecule has 0 saturated carbocycles. The number of nitrogens with zero attached hydrogens (tertiary/aromatic N) is 1. The van der Waals surface area contributed by atoms with E-state index in [-0.39, 0.29) is 0 Å². The van der Waals surface area contributed by atoms with Crippen LogP contribution in [-0.2, 0) is 10.0 Å². The number of sulfonamides is 1. The average molecular weight is 239 g/mol. The topological polar surface area (TPSA) is 37.4 Å². The molecular formula is C12H17NO2S. The van der Waals surface area contributed by atoms with E-state index in [9.17, 15) is 8.42 Å². The van der Waals surface area contributed by atoms with E-state index in [1.807, 2.05) is 30.4 Å². The fourth-order valence-corrected chi connectivity index (χ4v) is 3.81. The molecule has 4 heteroatoms. The lowest BCUT2D eigenvalue weighted by atomic mass is 10.0. The van der Waals surface area contributed by atoms with Crippen LogP contribution in [0.1, 0.15) is 19.8 Å². The third-order valence-corrected chi connectivity index (χ3v) is 5.66. The van der Waals surface area contributed by atoms with Crippen molar-refractivity contribution in [2.24, 2.45) is 0 Å². The minimum absolute atomic E-state index is 0.509. The maximum atomic E-state index is 12.5. The molecule has 0 spiro atoms. The molecule has 1 heterocycles. The lowest BCUT2D eigenvalue weighted by Crippen LogP contribution is -2.46. The van der Waals surface area contributed by atoms with Crippen molar-refractivity contribution in [3.63, 3.8) is 0 Å². The Kier molecular flexibility index (Phi) is 3.04. The van der Waals surface area contributed by atoms with Crippen molar-refractivity contribution in [1.82, 2.24) is 4.31 Å². The van der Waals surface area contributed by atoms with Crippen molar-refractivity contribution < 1.29 is 8.42 Å². The van der Waals surface area contributed by atoms with Crippen LogP contribution in [0, 0.1) is 0 Å². The maximum absolute atomic E-state index is 12.5. The molecule has 0 amide bonds. The Bertz CT molecular complexity index is 448. The molecule has 1 aliphatic carbocycles. The molecule has 0 saturated heterocycles. The fraction of sp³-hybridized carbons (Fsp3) is 0.500. The predicted octanol–water partition coefficient (Wildman–Crippen LogP) is 1.85. The van der Waals surface area contributed by atoms with Crippen molar-refractivity contribution in [3.8, 4) is 0 Å². The van der Waals surface area contributed by atoms with Gasteiger partial charge in [-0.2, -0.15) is 4.31 Å². The summed E-state index contributed by atoms with van der Waals surface area (Å²) in [6.45, 7) is 2.90. The van der Waals surface area contributed by atoms with Gasteiger partial charge in [-0.05, 0) is 19.8 Å². The van der Waals surface area contributed by atoms with Gasteiger partial charge < -0.3 is 0 Å². The third-order valence-electron chi connectivity index (χ3n) is 3.17. The molecule has 1 atom stereocenters. The molecule has 1 aliphatic heterocycles. The molecule has 0 aromatic carbocycles. The summed E-state index contributed by atoms with van der Waals surface area (Å²) in [7, 11) is -3.24. The molecule has 0 N–H and O–H groups in total. The molecule has 2 aliphatic rings. The van der Waals surface area contributed by atoms with Gasteiger partial charge in [0.05, 0.1) is 0 Å². The summed E-state index contributed by atoms with van der Waals surface area (Å²) in [5.41, 5.74) is 0. The van der Waals surface area contributed by atoms with E-state index in [0.29, 0.717) is 19.5 Å².